The molecule has 0 radical (unpaired) electrons. The highest BCUT2D eigenvalue weighted by molar-refractivity contribution is 5.63. The van der Waals surface area contributed by atoms with Gasteiger partial charge in [0.1, 0.15) is 5.75 Å². The van der Waals surface area contributed by atoms with E-state index in [2.05, 4.69) is 17.4 Å². The summed E-state index contributed by atoms with van der Waals surface area (Å²) in [6, 6.07) is 13.7. The fourth-order valence-electron chi connectivity index (χ4n) is 5.82. The van der Waals surface area contributed by atoms with Gasteiger partial charge in [-0.05, 0) is 60.6 Å². The quantitative estimate of drug-likeness (QED) is 0.632. The van der Waals surface area contributed by atoms with E-state index in [-0.39, 0.29) is 16.7 Å². The number of nitro benzene ring substituents is 1. The monoisotopic (exact) mass is 350 g/mol. The smallest absolute Gasteiger partial charge is 0.269 e. The van der Waals surface area contributed by atoms with E-state index in [1.165, 1.54) is 24.8 Å². The number of rotatable bonds is 3. The van der Waals surface area contributed by atoms with Gasteiger partial charge >= 0.3 is 0 Å². The number of fused-ring (bicyclic) bond motifs is 7. The van der Waals surface area contributed by atoms with Gasteiger partial charge in [0.25, 0.3) is 5.69 Å². The molecule has 2 aromatic carbocycles. The van der Waals surface area contributed by atoms with Crippen molar-refractivity contribution in [1.82, 2.24) is 0 Å². The number of nitro groups is 1. The Morgan fingerprint density at radius 3 is 2.73 bits per heavy atom. The van der Waals surface area contributed by atoms with Crippen molar-refractivity contribution in [3.05, 3.63) is 63.7 Å². The molecule has 1 aliphatic heterocycles. The van der Waals surface area contributed by atoms with Crippen LogP contribution in [0.25, 0.3) is 0 Å². The highest BCUT2D eigenvalue weighted by atomic mass is 16.6. The number of hydrogen-bond donors (Lipinski definition) is 1. The lowest BCUT2D eigenvalue weighted by Crippen LogP contribution is -2.35. The topological polar surface area (TPSA) is 64.4 Å². The first-order valence-corrected chi connectivity index (χ1v) is 9.35. The molecule has 0 unspecified atom stereocenters. The van der Waals surface area contributed by atoms with Crippen LogP contribution in [-0.2, 0) is 0 Å². The van der Waals surface area contributed by atoms with E-state index in [1.807, 2.05) is 18.2 Å². The standard InChI is InChI=1S/C21H22N2O3/c1-26-18-5-3-2-4-15(18)21-20-13-7-6-12(10-13)19(20)16-11-14(23(24)25)8-9-17(16)22-21/h2-5,8-9,11-13,19-22H,6-7,10H2,1H3/t12-,13-,19+,20+,21-/m0/s1. The lowest BCUT2D eigenvalue weighted by molar-refractivity contribution is -0.384. The molecule has 2 fully saturated rings. The maximum absolute atomic E-state index is 11.3. The summed E-state index contributed by atoms with van der Waals surface area (Å²) in [6.45, 7) is 0. The second kappa shape index (κ2) is 5.73. The molecule has 0 aromatic heterocycles. The number of methoxy groups -OCH3 is 1. The molecule has 0 spiro atoms. The predicted octanol–water partition coefficient (Wildman–Crippen LogP) is 4.90. The molecule has 1 N–H and O–H groups in total. The summed E-state index contributed by atoms with van der Waals surface area (Å²) in [4.78, 5) is 11.0. The lowest BCUT2D eigenvalue weighted by Gasteiger charge is -2.43. The molecule has 26 heavy (non-hydrogen) atoms. The van der Waals surface area contributed by atoms with Crippen molar-refractivity contribution in [3.8, 4) is 5.75 Å². The fourth-order valence-corrected chi connectivity index (χ4v) is 5.82. The number of non-ortho nitro benzene ring substituents is 1. The summed E-state index contributed by atoms with van der Waals surface area (Å²) >= 11 is 0. The molecule has 2 bridgehead atoms. The normalized spacial score (nSPS) is 31.0. The van der Waals surface area contributed by atoms with Crippen LogP contribution < -0.4 is 10.1 Å². The summed E-state index contributed by atoms with van der Waals surface area (Å²) in [5, 5.41) is 15.0. The summed E-state index contributed by atoms with van der Waals surface area (Å²) < 4.78 is 5.64. The molecule has 2 aliphatic carbocycles. The van der Waals surface area contributed by atoms with E-state index < -0.39 is 0 Å². The number of para-hydroxylation sites is 1. The number of nitrogens with zero attached hydrogens (tertiary/aromatic N) is 1. The maximum Gasteiger partial charge on any atom is 0.269 e. The van der Waals surface area contributed by atoms with Crippen LogP contribution in [0.4, 0.5) is 11.4 Å². The summed E-state index contributed by atoms with van der Waals surface area (Å²) in [5.41, 5.74) is 3.58. The van der Waals surface area contributed by atoms with E-state index in [4.69, 9.17) is 4.74 Å². The van der Waals surface area contributed by atoms with Crippen LogP contribution in [0.5, 0.6) is 5.75 Å². The molecular weight excluding hydrogens is 328 g/mol. The largest absolute Gasteiger partial charge is 0.496 e. The molecule has 5 atom stereocenters. The average molecular weight is 350 g/mol. The minimum absolute atomic E-state index is 0.195. The van der Waals surface area contributed by atoms with Crippen molar-refractivity contribution in [1.29, 1.82) is 0 Å². The van der Waals surface area contributed by atoms with Gasteiger partial charge < -0.3 is 10.1 Å². The number of ether oxygens (including phenoxy) is 1. The van der Waals surface area contributed by atoms with Gasteiger partial charge in [-0.2, -0.15) is 0 Å². The van der Waals surface area contributed by atoms with Crippen LogP contribution in [0.1, 0.15) is 42.3 Å². The van der Waals surface area contributed by atoms with E-state index in [9.17, 15) is 10.1 Å². The third-order valence-electron chi connectivity index (χ3n) is 6.76. The number of hydrogen-bond acceptors (Lipinski definition) is 4. The maximum atomic E-state index is 11.3. The Kier molecular flexibility index (Phi) is 3.45. The van der Waals surface area contributed by atoms with Crippen molar-refractivity contribution in [2.24, 2.45) is 17.8 Å². The SMILES string of the molecule is COc1ccccc1[C@@H]1Nc2ccc([N+](=O)[O-])cc2[C@H]2[C@H]3CC[C@@H](C3)[C@H]21. The second-order valence-corrected chi connectivity index (χ2v) is 7.83. The number of benzene rings is 2. The molecule has 2 saturated carbocycles. The molecule has 5 nitrogen and oxygen atoms in total. The summed E-state index contributed by atoms with van der Waals surface area (Å²) in [5.74, 6) is 3.11. The highest BCUT2D eigenvalue weighted by Gasteiger charge is 2.54. The van der Waals surface area contributed by atoms with Crippen molar-refractivity contribution in [3.63, 3.8) is 0 Å². The number of nitrogens with one attached hydrogen (secondary N) is 1. The Hall–Kier alpha value is -2.56. The van der Waals surface area contributed by atoms with Gasteiger partial charge in [0.2, 0.25) is 0 Å². The van der Waals surface area contributed by atoms with Gasteiger partial charge in [-0.1, -0.05) is 18.2 Å². The Labute approximate surface area is 152 Å². The molecule has 0 amide bonds. The van der Waals surface area contributed by atoms with Crippen molar-refractivity contribution in [2.75, 3.05) is 12.4 Å². The summed E-state index contributed by atoms with van der Waals surface area (Å²) in [7, 11) is 1.72. The molecule has 5 heteroatoms. The Morgan fingerprint density at radius 1 is 1.12 bits per heavy atom. The zero-order valence-electron chi connectivity index (χ0n) is 14.7. The molecular formula is C21H22N2O3. The van der Waals surface area contributed by atoms with Crippen LogP contribution in [0.2, 0.25) is 0 Å². The third kappa shape index (κ3) is 2.16. The number of anilines is 1. The van der Waals surface area contributed by atoms with E-state index in [0.29, 0.717) is 23.7 Å². The molecule has 1 heterocycles. The molecule has 0 saturated heterocycles. The third-order valence-corrected chi connectivity index (χ3v) is 6.76. The molecule has 134 valence electrons. The van der Waals surface area contributed by atoms with E-state index in [1.54, 1.807) is 19.2 Å². The molecule has 3 aliphatic rings. The second-order valence-electron chi connectivity index (χ2n) is 7.83. The predicted molar refractivity (Wildman–Crippen MR) is 99.5 cm³/mol. The molecule has 5 rings (SSSR count). The first-order chi connectivity index (χ1) is 12.7. The van der Waals surface area contributed by atoms with Crippen molar-refractivity contribution < 1.29 is 9.66 Å². The van der Waals surface area contributed by atoms with Gasteiger partial charge in [-0.25, -0.2) is 0 Å². The minimum atomic E-state index is -0.283. The fraction of sp³-hybridized carbons (Fsp3) is 0.429. The minimum Gasteiger partial charge on any atom is -0.496 e. The van der Waals surface area contributed by atoms with E-state index in [0.717, 1.165) is 17.0 Å². The molecule has 2 aromatic rings. The van der Waals surface area contributed by atoms with Gasteiger partial charge in [-0.15, -0.1) is 0 Å². The van der Waals surface area contributed by atoms with Gasteiger partial charge in [-0.3, -0.25) is 10.1 Å². The zero-order chi connectivity index (χ0) is 17.8. The van der Waals surface area contributed by atoms with E-state index >= 15 is 0 Å². The van der Waals surface area contributed by atoms with Crippen LogP contribution in [-0.4, -0.2) is 12.0 Å². The van der Waals surface area contributed by atoms with Crippen molar-refractivity contribution >= 4 is 11.4 Å². The van der Waals surface area contributed by atoms with Crippen LogP contribution >= 0.6 is 0 Å². The average Bonchev–Trinajstić information content (AvgIpc) is 3.29. The van der Waals surface area contributed by atoms with Gasteiger partial charge in [0.05, 0.1) is 18.1 Å². The Morgan fingerprint density at radius 2 is 1.92 bits per heavy atom. The van der Waals surface area contributed by atoms with Crippen LogP contribution in [0.3, 0.4) is 0 Å². The van der Waals surface area contributed by atoms with Crippen molar-refractivity contribution in [2.45, 2.75) is 31.2 Å². The van der Waals surface area contributed by atoms with Crippen LogP contribution in [0.15, 0.2) is 42.5 Å². The van der Waals surface area contributed by atoms with Gasteiger partial charge in [0.15, 0.2) is 0 Å². The summed E-state index contributed by atoms with van der Waals surface area (Å²) in [6.07, 6.45) is 3.75. The Bertz CT molecular complexity index is 881. The Balaban J connectivity index is 1.65. The lowest BCUT2D eigenvalue weighted by atomic mass is 9.68. The van der Waals surface area contributed by atoms with Gasteiger partial charge in [0, 0.05) is 23.4 Å². The first-order valence-electron chi connectivity index (χ1n) is 9.35. The van der Waals surface area contributed by atoms with Crippen LogP contribution in [0, 0.1) is 27.9 Å². The highest BCUT2D eigenvalue weighted by Crippen LogP contribution is 2.64. The zero-order valence-corrected chi connectivity index (χ0v) is 14.7. The first kappa shape index (κ1) is 15.7.